The van der Waals surface area contributed by atoms with Gasteiger partial charge in [0, 0.05) is 11.4 Å². The first-order chi connectivity index (χ1) is 15.5. The number of oxime groups is 1. The van der Waals surface area contributed by atoms with Crippen LogP contribution >= 0.6 is 11.6 Å². The number of carbonyl (C=O) groups excluding carboxylic acids is 2. The number of aryl methyl sites for hydroxylation is 1. The predicted molar refractivity (Wildman–Crippen MR) is 126 cm³/mol. The minimum Gasteiger partial charge on any atom is -0.479 e. The lowest BCUT2D eigenvalue weighted by atomic mass is 10.0. The molecule has 6 nitrogen and oxygen atoms in total. The Labute approximate surface area is 196 Å². The van der Waals surface area contributed by atoms with Gasteiger partial charge in [0.25, 0.3) is 0 Å². The summed E-state index contributed by atoms with van der Waals surface area (Å²) in [6.45, 7) is 3.87. The second kappa shape index (κ2) is 14.9. The molecule has 1 heterocycles. The Balaban J connectivity index is 1.87. The topological polar surface area (TPSA) is 74.2 Å². The summed E-state index contributed by atoms with van der Waals surface area (Å²) in [5.74, 6) is -0.135. The minimum atomic E-state index is -0.799. The van der Waals surface area contributed by atoms with Crippen molar-refractivity contribution in [2.75, 3.05) is 6.61 Å². The molecule has 1 aromatic rings. The SMILES string of the molecule is Cc1cc(OC(C)C(=O)O/N=C2/CCCCCCCCCCC(=O)OCCC2)ccc1Cl. The van der Waals surface area contributed by atoms with Crippen LogP contribution in [0.1, 0.15) is 89.5 Å². The standard InChI is InChI=1S/C25H36ClNO5/c1-19-18-22(15-16-23(19)26)31-20(2)25(29)32-27-21-12-9-7-5-3-4-6-8-10-14-24(28)30-17-11-13-21/h15-16,18,20H,3-14,17H2,1-2H3/b27-21-. The van der Waals surface area contributed by atoms with E-state index in [-0.39, 0.29) is 5.97 Å². The highest BCUT2D eigenvalue weighted by molar-refractivity contribution is 6.31. The monoisotopic (exact) mass is 465 g/mol. The molecule has 1 fully saturated rings. The molecule has 1 aliphatic heterocycles. The third-order valence-corrected chi connectivity index (χ3v) is 5.93. The third-order valence-electron chi connectivity index (χ3n) is 5.51. The summed E-state index contributed by atoms with van der Waals surface area (Å²) in [5.41, 5.74) is 1.69. The third kappa shape index (κ3) is 10.5. The molecule has 7 heteroatoms. The van der Waals surface area contributed by atoms with Crippen LogP contribution in [0.3, 0.4) is 0 Å². The molecule has 178 valence electrons. The largest absolute Gasteiger partial charge is 0.479 e. The van der Waals surface area contributed by atoms with E-state index in [1.54, 1.807) is 25.1 Å². The van der Waals surface area contributed by atoms with Crippen molar-refractivity contribution in [3.05, 3.63) is 28.8 Å². The highest BCUT2D eigenvalue weighted by Crippen LogP contribution is 2.22. The number of hydrogen-bond donors (Lipinski definition) is 0. The molecule has 1 saturated heterocycles. The lowest BCUT2D eigenvalue weighted by molar-refractivity contribution is -0.151. The number of carbonyl (C=O) groups is 2. The average Bonchev–Trinajstić information content (AvgIpc) is 2.77. The molecule has 0 amide bonds. The van der Waals surface area contributed by atoms with E-state index >= 15 is 0 Å². The van der Waals surface area contributed by atoms with Crippen LogP contribution in [0.25, 0.3) is 0 Å². The maximum absolute atomic E-state index is 12.4. The fraction of sp³-hybridized carbons (Fsp3) is 0.640. The molecule has 1 unspecified atom stereocenters. The quantitative estimate of drug-likeness (QED) is 0.286. The molecule has 32 heavy (non-hydrogen) atoms. The highest BCUT2D eigenvalue weighted by atomic mass is 35.5. The summed E-state index contributed by atoms with van der Waals surface area (Å²) in [6.07, 6.45) is 10.7. The van der Waals surface area contributed by atoms with Crippen LogP contribution in [0, 0.1) is 6.92 Å². The zero-order chi connectivity index (χ0) is 23.2. The number of rotatable bonds is 4. The van der Waals surface area contributed by atoms with Crippen LogP contribution in [0.2, 0.25) is 5.02 Å². The fourth-order valence-electron chi connectivity index (χ4n) is 3.54. The van der Waals surface area contributed by atoms with Crippen LogP contribution in [0.5, 0.6) is 5.75 Å². The van der Waals surface area contributed by atoms with Gasteiger partial charge < -0.3 is 14.3 Å². The van der Waals surface area contributed by atoms with Gasteiger partial charge in [-0.3, -0.25) is 4.79 Å². The molecule has 1 atom stereocenters. The number of benzene rings is 1. The lowest BCUT2D eigenvalue weighted by Gasteiger charge is -2.13. The zero-order valence-corrected chi connectivity index (χ0v) is 20.1. The van der Waals surface area contributed by atoms with Gasteiger partial charge >= 0.3 is 11.9 Å². The first-order valence-corrected chi connectivity index (χ1v) is 12.2. The van der Waals surface area contributed by atoms with Crippen molar-refractivity contribution in [1.82, 2.24) is 0 Å². The van der Waals surface area contributed by atoms with Crippen LogP contribution < -0.4 is 4.74 Å². The first-order valence-electron chi connectivity index (χ1n) is 11.8. The summed E-state index contributed by atoms with van der Waals surface area (Å²) >= 11 is 6.03. The van der Waals surface area contributed by atoms with Crippen LogP contribution in [0.15, 0.2) is 23.4 Å². The second-order valence-corrected chi connectivity index (χ2v) is 8.80. The minimum absolute atomic E-state index is 0.134. The van der Waals surface area contributed by atoms with Crippen molar-refractivity contribution < 1.29 is 23.9 Å². The number of ether oxygens (including phenoxy) is 2. The van der Waals surface area contributed by atoms with E-state index in [4.69, 9.17) is 25.9 Å². The average molecular weight is 466 g/mol. The molecule has 0 saturated carbocycles. The van der Waals surface area contributed by atoms with Gasteiger partial charge in [-0.1, -0.05) is 55.3 Å². The summed E-state index contributed by atoms with van der Waals surface area (Å²) in [6, 6.07) is 5.23. The molecular formula is C25H36ClNO5. The van der Waals surface area contributed by atoms with Crippen LogP contribution in [0.4, 0.5) is 0 Å². The normalized spacial score (nSPS) is 19.7. The van der Waals surface area contributed by atoms with Gasteiger partial charge in [-0.2, -0.15) is 0 Å². The van der Waals surface area contributed by atoms with E-state index in [2.05, 4.69) is 5.16 Å². The van der Waals surface area contributed by atoms with Gasteiger partial charge in [-0.25, -0.2) is 4.79 Å². The van der Waals surface area contributed by atoms with E-state index < -0.39 is 12.1 Å². The smallest absolute Gasteiger partial charge is 0.374 e. The first kappa shape index (κ1) is 26.2. The summed E-state index contributed by atoms with van der Waals surface area (Å²) < 4.78 is 11.0. The van der Waals surface area contributed by atoms with Gasteiger partial charge in [0.15, 0.2) is 6.10 Å². The van der Waals surface area contributed by atoms with Crippen molar-refractivity contribution >= 4 is 29.3 Å². The number of cyclic esters (lactones) is 1. The molecule has 0 N–H and O–H groups in total. The van der Waals surface area contributed by atoms with Crippen molar-refractivity contribution in [2.24, 2.45) is 5.16 Å². The maximum atomic E-state index is 12.4. The Hall–Kier alpha value is -2.08. The van der Waals surface area contributed by atoms with Crippen molar-refractivity contribution in [3.63, 3.8) is 0 Å². The fourth-order valence-corrected chi connectivity index (χ4v) is 3.65. The second-order valence-electron chi connectivity index (χ2n) is 8.39. The number of halogens is 1. The molecule has 0 aliphatic carbocycles. The van der Waals surface area contributed by atoms with Crippen molar-refractivity contribution in [1.29, 1.82) is 0 Å². The van der Waals surface area contributed by atoms with Gasteiger partial charge in [-0.15, -0.1) is 0 Å². The molecule has 1 aliphatic rings. The summed E-state index contributed by atoms with van der Waals surface area (Å²) in [5, 5.41) is 4.77. The van der Waals surface area contributed by atoms with E-state index in [1.165, 1.54) is 25.7 Å². The maximum Gasteiger partial charge on any atom is 0.374 e. The highest BCUT2D eigenvalue weighted by Gasteiger charge is 2.18. The Morgan fingerprint density at radius 2 is 1.62 bits per heavy atom. The molecule has 0 bridgehead atoms. The van der Waals surface area contributed by atoms with E-state index in [9.17, 15) is 9.59 Å². The molecule has 1 aromatic carbocycles. The molecule has 0 spiro atoms. The van der Waals surface area contributed by atoms with Gasteiger partial charge in [0.2, 0.25) is 0 Å². The molecule has 2 rings (SSSR count). The number of nitrogens with zero attached hydrogens (tertiary/aromatic N) is 1. The Morgan fingerprint density at radius 3 is 2.31 bits per heavy atom. The zero-order valence-electron chi connectivity index (χ0n) is 19.4. The van der Waals surface area contributed by atoms with E-state index in [0.29, 0.717) is 36.6 Å². The van der Waals surface area contributed by atoms with Crippen molar-refractivity contribution in [3.8, 4) is 5.75 Å². The van der Waals surface area contributed by atoms with Gasteiger partial charge in [0.1, 0.15) is 5.75 Å². The Kier molecular flexibility index (Phi) is 12.2. The van der Waals surface area contributed by atoms with Gasteiger partial charge in [0.05, 0.1) is 12.3 Å². The predicted octanol–water partition coefficient (Wildman–Crippen LogP) is 6.55. The lowest BCUT2D eigenvalue weighted by Crippen LogP contribution is -2.25. The number of esters is 1. The number of hydrogen-bond acceptors (Lipinski definition) is 6. The van der Waals surface area contributed by atoms with Crippen LogP contribution in [-0.2, 0) is 19.2 Å². The van der Waals surface area contributed by atoms with E-state index in [0.717, 1.165) is 43.4 Å². The molecule has 0 aromatic heterocycles. The van der Waals surface area contributed by atoms with Crippen molar-refractivity contribution in [2.45, 2.75) is 97.0 Å². The molecule has 0 radical (unpaired) electrons. The Bertz CT molecular complexity index is 765. The van der Waals surface area contributed by atoms with E-state index in [1.807, 2.05) is 6.92 Å². The van der Waals surface area contributed by atoms with Crippen LogP contribution in [-0.4, -0.2) is 30.4 Å². The Morgan fingerprint density at radius 1 is 1.00 bits per heavy atom. The molecular weight excluding hydrogens is 430 g/mol. The summed E-state index contributed by atoms with van der Waals surface area (Å²) in [4.78, 5) is 29.3. The van der Waals surface area contributed by atoms with Gasteiger partial charge in [-0.05, 0) is 69.7 Å². The summed E-state index contributed by atoms with van der Waals surface area (Å²) in [7, 11) is 0.